The molecule has 32 heavy (non-hydrogen) atoms. The molecule has 1 amide bonds. The van der Waals surface area contributed by atoms with Gasteiger partial charge in [-0.1, -0.05) is 6.07 Å². The zero-order valence-electron chi connectivity index (χ0n) is 18.1. The van der Waals surface area contributed by atoms with Crippen molar-refractivity contribution in [3.63, 3.8) is 0 Å². The first-order valence-electron chi connectivity index (χ1n) is 10.8. The molecule has 1 fully saturated rings. The van der Waals surface area contributed by atoms with Crippen molar-refractivity contribution in [2.24, 2.45) is 0 Å². The van der Waals surface area contributed by atoms with Gasteiger partial charge in [0.15, 0.2) is 0 Å². The lowest BCUT2D eigenvalue weighted by atomic mass is 9.74. The zero-order chi connectivity index (χ0) is 22.3. The first kappa shape index (κ1) is 20.5. The number of pyridine rings is 1. The molecule has 3 aromatic rings. The Morgan fingerprint density at radius 1 is 1.25 bits per heavy atom. The number of rotatable bonds is 4. The van der Waals surface area contributed by atoms with Crippen molar-refractivity contribution in [3.05, 3.63) is 59.3 Å². The molecular formula is C24H26FN5O2. The van der Waals surface area contributed by atoms with Crippen molar-refractivity contribution in [1.82, 2.24) is 20.6 Å². The van der Waals surface area contributed by atoms with Gasteiger partial charge in [-0.05, 0) is 44.5 Å². The second-order valence-corrected chi connectivity index (χ2v) is 8.48. The van der Waals surface area contributed by atoms with E-state index < -0.39 is 0 Å². The molecule has 1 spiro atoms. The molecule has 0 saturated carbocycles. The van der Waals surface area contributed by atoms with Crippen LogP contribution >= 0.6 is 0 Å². The van der Waals surface area contributed by atoms with Crippen LogP contribution in [0.1, 0.15) is 34.5 Å². The molecule has 5 rings (SSSR count). The lowest BCUT2D eigenvalue weighted by Crippen LogP contribution is -2.54. The van der Waals surface area contributed by atoms with Crippen LogP contribution in [0.2, 0.25) is 0 Å². The summed E-state index contributed by atoms with van der Waals surface area (Å²) < 4.78 is 19.8. The minimum Gasteiger partial charge on any atom is -0.494 e. The van der Waals surface area contributed by atoms with E-state index in [1.807, 2.05) is 12.1 Å². The third-order valence-electron chi connectivity index (χ3n) is 6.62. The van der Waals surface area contributed by atoms with Gasteiger partial charge in [-0.2, -0.15) is 0 Å². The number of ether oxygens (including phenoxy) is 1. The van der Waals surface area contributed by atoms with Gasteiger partial charge in [-0.25, -0.2) is 4.39 Å². The number of nitrogens with zero attached hydrogens (tertiary/aromatic N) is 1. The van der Waals surface area contributed by atoms with Crippen LogP contribution in [0.5, 0.6) is 5.75 Å². The Hall–Kier alpha value is -3.39. The van der Waals surface area contributed by atoms with Crippen LogP contribution in [0.4, 0.5) is 15.8 Å². The Bertz CT molecular complexity index is 1180. The second kappa shape index (κ2) is 7.94. The quantitative estimate of drug-likeness (QED) is 0.502. The Balaban J connectivity index is 1.75. The van der Waals surface area contributed by atoms with Gasteiger partial charge in [0.1, 0.15) is 11.6 Å². The molecule has 4 N–H and O–H groups in total. The highest BCUT2D eigenvalue weighted by Crippen LogP contribution is 2.45. The minimum absolute atomic E-state index is 0.150. The number of halogens is 1. The predicted molar refractivity (Wildman–Crippen MR) is 121 cm³/mol. The number of fused-ring (bicyclic) bond motifs is 2. The summed E-state index contributed by atoms with van der Waals surface area (Å²) in [6.07, 6.45) is 5.31. The number of aromatic amines is 1. The van der Waals surface area contributed by atoms with Crippen LogP contribution in [0.25, 0.3) is 11.3 Å². The third-order valence-corrected chi connectivity index (χ3v) is 6.62. The van der Waals surface area contributed by atoms with Gasteiger partial charge in [-0.3, -0.25) is 9.78 Å². The summed E-state index contributed by atoms with van der Waals surface area (Å²) in [6.45, 7) is 4.02. The molecule has 4 heterocycles. The van der Waals surface area contributed by atoms with Crippen LogP contribution in [-0.4, -0.2) is 42.6 Å². The molecule has 7 nitrogen and oxygen atoms in total. The number of anilines is 2. The molecule has 2 aliphatic rings. The van der Waals surface area contributed by atoms with E-state index >= 15 is 0 Å². The predicted octanol–water partition coefficient (Wildman–Crippen LogP) is 3.64. The van der Waals surface area contributed by atoms with Crippen molar-refractivity contribution in [2.45, 2.75) is 25.2 Å². The summed E-state index contributed by atoms with van der Waals surface area (Å²) in [6, 6.07) is 6.74. The highest BCUT2D eigenvalue weighted by molar-refractivity contribution is 6.07. The fourth-order valence-corrected chi connectivity index (χ4v) is 4.84. The van der Waals surface area contributed by atoms with E-state index in [0.717, 1.165) is 42.9 Å². The number of hydrogen-bond donors (Lipinski definition) is 4. The van der Waals surface area contributed by atoms with Gasteiger partial charge >= 0.3 is 0 Å². The maximum absolute atomic E-state index is 14.3. The van der Waals surface area contributed by atoms with Gasteiger partial charge < -0.3 is 25.7 Å². The van der Waals surface area contributed by atoms with Gasteiger partial charge in [0.2, 0.25) is 0 Å². The third kappa shape index (κ3) is 3.22. The van der Waals surface area contributed by atoms with Crippen LogP contribution in [0.3, 0.4) is 0 Å². The summed E-state index contributed by atoms with van der Waals surface area (Å²) in [5.74, 6) is 0.129. The lowest BCUT2D eigenvalue weighted by molar-refractivity contribution is 0.0916. The Kier molecular flexibility index (Phi) is 5.09. The standard InChI is InChI=1S/C24H26FN5O2/c1-14-16(25)5-3-6-17(14)29-21-19-22(24(13-28-23(19)31)8-4-9-27-12-24)30-20(21)15-7-10-26-11-18(15)32-2/h3,5-7,10-11,27,29-30H,4,8-9,12-13H2,1-2H3,(H,28,31). The minimum atomic E-state index is -0.306. The number of aromatic nitrogens is 2. The van der Waals surface area contributed by atoms with Gasteiger partial charge in [-0.15, -0.1) is 0 Å². The molecule has 1 atom stereocenters. The van der Waals surface area contributed by atoms with Crippen LogP contribution < -0.4 is 20.7 Å². The SMILES string of the molecule is COc1cnccc1-c1[nH]c2c(c1Nc1cccc(F)c1C)C(=O)NCC21CCCNC1. The number of benzene rings is 1. The average molecular weight is 436 g/mol. The van der Waals surface area contributed by atoms with Gasteiger partial charge in [0.05, 0.1) is 30.3 Å². The molecule has 0 aliphatic carbocycles. The van der Waals surface area contributed by atoms with Crippen molar-refractivity contribution < 1.29 is 13.9 Å². The summed E-state index contributed by atoms with van der Waals surface area (Å²) in [5.41, 5.74) is 4.44. The number of methoxy groups -OCH3 is 1. The van der Waals surface area contributed by atoms with Crippen LogP contribution in [0.15, 0.2) is 36.7 Å². The summed E-state index contributed by atoms with van der Waals surface area (Å²) >= 11 is 0. The van der Waals surface area contributed by atoms with Crippen molar-refractivity contribution >= 4 is 17.3 Å². The van der Waals surface area contributed by atoms with Gasteiger partial charge in [0, 0.05) is 47.2 Å². The summed E-state index contributed by atoms with van der Waals surface area (Å²) in [4.78, 5) is 20.9. The lowest BCUT2D eigenvalue weighted by Gasteiger charge is -2.40. The Morgan fingerprint density at radius 2 is 2.12 bits per heavy atom. The number of H-pyrrole nitrogens is 1. The first-order chi connectivity index (χ1) is 15.5. The summed E-state index contributed by atoms with van der Waals surface area (Å²) in [7, 11) is 1.59. The average Bonchev–Trinajstić information content (AvgIpc) is 3.21. The molecule has 1 saturated heterocycles. The van der Waals surface area contributed by atoms with E-state index in [-0.39, 0.29) is 17.1 Å². The number of amides is 1. The smallest absolute Gasteiger partial charge is 0.255 e. The van der Waals surface area contributed by atoms with Crippen molar-refractivity contribution in [3.8, 4) is 17.0 Å². The maximum atomic E-state index is 14.3. The van der Waals surface area contributed by atoms with Crippen LogP contribution in [-0.2, 0) is 5.41 Å². The fraction of sp³-hybridized carbons (Fsp3) is 0.333. The Morgan fingerprint density at radius 3 is 2.91 bits per heavy atom. The number of hydrogen-bond acceptors (Lipinski definition) is 5. The van der Waals surface area contributed by atoms with Gasteiger partial charge in [0.25, 0.3) is 5.91 Å². The molecule has 2 aromatic heterocycles. The Labute approximate surface area is 185 Å². The number of piperidine rings is 1. The molecule has 1 aromatic carbocycles. The highest BCUT2D eigenvalue weighted by atomic mass is 19.1. The number of carbonyl (C=O) groups is 1. The van der Waals surface area contributed by atoms with E-state index in [1.165, 1.54) is 6.07 Å². The molecule has 2 aliphatic heterocycles. The normalized spacial score (nSPS) is 20.0. The fourth-order valence-electron chi connectivity index (χ4n) is 4.84. The maximum Gasteiger partial charge on any atom is 0.255 e. The molecule has 0 bridgehead atoms. The zero-order valence-corrected chi connectivity index (χ0v) is 18.1. The molecular weight excluding hydrogens is 409 g/mol. The number of nitrogens with one attached hydrogen (secondary N) is 4. The van der Waals surface area contributed by atoms with Crippen molar-refractivity contribution in [2.75, 3.05) is 32.1 Å². The van der Waals surface area contributed by atoms with E-state index in [2.05, 4.69) is 25.9 Å². The van der Waals surface area contributed by atoms with E-state index in [1.54, 1.807) is 32.5 Å². The highest BCUT2D eigenvalue weighted by Gasteiger charge is 2.44. The van der Waals surface area contributed by atoms with Crippen molar-refractivity contribution in [1.29, 1.82) is 0 Å². The molecule has 166 valence electrons. The van der Waals surface area contributed by atoms with E-state index in [9.17, 15) is 9.18 Å². The topological polar surface area (TPSA) is 91.1 Å². The largest absolute Gasteiger partial charge is 0.494 e. The molecule has 0 radical (unpaired) electrons. The van der Waals surface area contributed by atoms with E-state index in [0.29, 0.717) is 34.8 Å². The second-order valence-electron chi connectivity index (χ2n) is 8.48. The molecule has 1 unspecified atom stereocenters. The monoisotopic (exact) mass is 435 g/mol. The summed E-state index contributed by atoms with van der Waals surface area (Å²) in [5, 5.41) is 9.93. The first-order valence-corrected chi connectivity index (χ1v) is 10.8. The number of carbonyl (C=O) groups excluding carboxylic acids is 1. The van der Waals surface area contributed by atoms with E-state index in [4.69, 9.17) is 4.74 Å². The van der Waals surface area contributed by atoms with Crippen LogP contribution in [0, 0.1) is 12.7 Å². The molecule has 8 heteroatoms.